The molecule has 7 nitrogen and oxygen atoms in total. The van der Waals surface area contributed by atoms with Gasteiger partial charge in [-0.25, -0.2) is 9.67 Å². The number of H-pyrrole nitrogens is 1. The zero-order valence-electron chi connectivity index (χ0n) is 19.7. The average Bonchev–Trinajstić information content (AvgIpc) is 3.58. The number of aromatic nitrogens is 7. The Kier molecular flexibility index (Phi) is 6.84. The van der Waals surface area contributed by atoms with Gasteiger partial charge in [0.2, 0.25) is 5.82 Å². The minimum absolute atomic E-state index is 0.574. The quantitative estimate of drug-likeness (QED) is 0.310. The minimum Gasteiger partial charge on any atom is -0.246 e. The van der Waals surface area contributed by atoms with Crippen molar-refractivity contribution in [1.29, 1.82) is 0 Å². The van der Waals surface area contributed by atoms with E-state index in [0.29, 0.717) is 18.8 Å². The van der Waals surface area contributed by atoms with E-state index in [4.69, 9.17) is 10.1 Å². The number of aryl methyl sites for hydroxylation is 2. The summed E-state index contributed by atoms with van der Waals surface area (Å²) in [6, 6.07) is 27.1. The summed E-state index contributed by atoms with van der Waals surface area (Å²) in [6.45, 7) is 2.72. The second kappa shape index (κ2) is 10.7. The Labute approximate surface area is 204 Å². The Bertz CT molecular complexity index is 1390. The summed E-state index contributed by atoms with van der Waals surface area (Å²) in [6.07, 6.45) is 6.53. The summed E-state index contributed by atoms with van der Waals surface area (Å²) in [4.78, 5) is 4.91. The number of nitrogens with one attached hydrogen (secondary N) is 1. The van der Waals surface area contributed by atoms with E-state index >= 15 is 0 Å². The molecule has 0 fully saturated rings. The van der Waals surface area contributed by atoms with Gasteiger partial charge in [0.05, 0.1) is 6.54 Å². The van der Waals surface area contributed by atoms with Gasteiger partial charge in [-0.2, -0.15) is 10.3 Å². The Balaban J connectivity index is 1.44. The fourth-order valence-electron chi connectivity index (χ4n) is 4.13. The lowest BCUT2D eigenvalue weighted by Crippen LogP contribution is -2.05. The molecule has 0 unspecified atom stereocenters. The average molecular weight is 462 g/mol. The molecule has 35 heavy (non-hydrogen) atoms. The summed E-state index contributed by atoms with van der Waals surface area (Å²) >= 11 is 0. The summed E-state index contributed by atoms with van der Waals surface area (Å²) in [7, 11) is 0. The molecule has 0 aliphatic heterocycles. The third-order valence-corrected chi connectivity index (χ3v) is 5.90. The highest BCUT2D eigenvalue weighted by molar-refractivity contribution is 5.80. The molecule has 0 aliphatic rings. The standard InChI is InChI=1S/C28H27N7/c1-2-3-18-35-27(29-26(32-35)17-15-21-10-6-4-7-11-21)20-22-14-16-24(23-12-8-5-9-13-23)25(19-22)28-30-33-34-31-28/h2-14,16,19H,15,17-18,20H2,1H3,(H,30,31,33,34)/b3-2+. The molecule has 0 radical (unpaired) electrons. The van der Waals surface area contributed by atoms with Gasteiger partial charge in [-0.05, 0) is 46.9 Å². The maximum absolute atomic E-state index is 4.91. The third kappa shape index (κ3) is 5.41. The smallest absolute Gasteiger partial charge is 0.205 e. The molecule has 5 aromatic rings. The zero-order chi connectivity index (χ0) is 23.9. The molecule has 0 bridgehead atoms. The van der Waals surface area contributed by atoms with E-state index in [1.165, 1.54) is 5.56 Å². The third-order valence-electron chi connectivity index (χ3n) is 5.90. The highest BCUT2D eigenvalue weighted by Gasteiger charge is 2.15. The largest absolute Gasteiger partial charge is 0.246 e. The van der Waals surface area contributed by atoms with Crippen molar-refractivity contribution in [3.8, 4) is 22.5 Å². The van der Waals surface area contributed by atoms with Gasteiger partial charge >= 0.3 is 0 Å². The first-order valence-electron chi connectivity index (χ1n) is 11.8. The molecule has 1 N–H and O–H groups in total. The summed E-state index contributed by atoms with van der Waals surface area (Å²) in [5.41, 5.74) is 5.52. The minimum atomic E-state index is 0.574. The molecule has 0 saturated carbocycles. The van der Waals surface area contributed by atoms with Gasteiger partial charge in [0.25, 0.3) is 0 Å². The Hall–Kier alpha value is -4.39. The number of rotatable bonds is 9. The van der Waals surface area contributed by atoms with Crippen LogP contribution in [0.4, 0.5) is 0 Å². The molecular weight excluding hydrogens is 434 g/mol. The molecule has 2 aromatic heterocycles. The highest BCUT2D eigenvalue weighted by atomic mass is 15.5. The normalized spacial score (nSPS) is 11.3. The van der Waals surface area contributed by atoms with Gasteiger partial charge < -0.3 is 0 Å². The van der Waals surface area contributed by atoms with Gasteiger partial charge in [-0.15, -0.1) is 10.2 Å². The number of hydrogen-bond donors (Lipinski definition) is 1. The molecule has 0 spiro atoms. The predicted octanol–water partition coefficient (Wildman–Crippen LogP) is 5.08. The van der Waals surface area contributed by atoms with Gasteiger partial charge in [0.15, 0.2) is 5.82 Å². The van der Waals surface area contributed by atoms with Crippen molar-refractivity contribution in [2.24, 2.45) is 0 Å². The van der Waals surface area contributed by atoms with Gasteiger partial charge in [-0.3, -0.25) is 0 Å². The predicted molar refractivity (Wildman–Crippen MR) is 137 cm³/mol. The number of tetrazole rings is 1. The topological polar surface area (TPSA) is 85.2 Å². The van der Waals surface area contributed by atoms with Gasteiger partial charge in [-0.1, -0.05) is 84.9 Å². The van der Waals surface area contributed by atoms with Crippen LogP contribution in [-0.4, -0.2) is 35.4 Å². The molecule has 7 heteroatoms. The van der Waals surface area contributed by atoms with Crippen molar-refractivity contribution < 1.29 is 0 Å². The van der Waals surface area contributed by atoms with E-state index in [1.54, 1.807) is 0 Å². The van der Waals surface area contributed by atoms with Gasteiger partial charge in [0, 0.05) is 18.4 Å². The number of allylic oxidation sites excluding steroid dienone is 2. The maximum atomic E-state index is 4.91. The summed E-state index contributed by atoms with van der Waals surface area (Å²) < 4.78 is 2.00. The van der Waals surface area contributed by atoms with Gasteiger partial charge in [0.1, 0.15) is 5.82 Å². The zero-order valence-corrected chi connectivity index (χ0v) is 19.7. The number of benzene rings is 3. The maximum Gasteiger partial charge on any atom is 0.205 e. The molecule has 0 amide bonds. The molecule has 0 atom stereocenters. The van der Waals surface area contributed by atoms with Crippen LogP contribution in [0.3, 0.4) is 0 Å². The van der Waals surface area contributed by atoms with Crippen LogP contribution in [0.5, 0.6) is 0 Å². The van der Waals surface area contributed by atoms with Crippen molar-refractivity contribution >= 4 is 0 Å². The molecule has 0 aliphatic carbocycles. The number of nitrogens with zero attached hydrogens (tertiary/aromatic N) is 6. The van der Waals surface area contributed by atoms with Crippen molar-refractivity contribution in [2.75, 3.05) is 0 Å². The van der Waals surface area contributed by atoms with Crippen LogP contribution in [0.1, 0.15) is 29.7 Å². The van der Waals surface area contributed by atoms with E-state index < -0.39 is 0 Å². The fraction of sp³-hybridized carbons (Fsp3) is 0.179. The Morgan fingerprint density at radius 1 is 0.857 bits per heavy atom. The fourth-order valence-corrected chi connectivity index (χ4v) is 4.13. The van der Waals surface area contributed by atoms with E-state index in [9.17, 15) is 0 Å². The SMILES string of the molecule is C/C=C/Cn1nc(CCc2ccccc2)nc1Cc1ccc(-c2ccccc2)c(-c2nn[nH]n2)c1. The lowest BCUT2D eigenvalue weighted by Gasteiger charge is -2.10. The van der Waals surface area contributed by atoms with Crippen LogP contribution in [0, 0.1) is 0 Å². The first kappa shape index (κ1) is 22.4. The molecule has 3 aromatic carbocycles. The Morgan fingerprint density at radius 2 is 1.66 bits per heavy atom. The van der Waals surface area contributed by atoms with Crippen LogP contribution in [0.2, 0.25) is 0 Å². The van der Waals surface area contributed by atoms with E-state index in [0.717, 1.165) is 46.7 Å². The number of hydrogen-bond acceptors (Lipinski definition) is 5. The first-order chi connectivity index (χ1) is 17.3. The summed E-state index contributed by atoms with van der Waals surface area (Å²) in [5.74, 6) is 2.38. The lowest BCUT2D eigenvalue weighted by molar-refractivity contribution is 0.651. The van der Waals surface area contributed by atoms with Crippen LogP contribution in [-0.2, 0) is 25.8 Å². The second-order valence-corrected chi connectivity index (χ2v) is 8.34. The molecule has 174 valence electrons. The lowest BCUT2D eigenvalue weighted by atomic mass is 9.96. The molecule has 2 heterocycles. The van der Waals surface area contributed by atoms with E-state index in [1.807, 2.05) is 41.9 Å². The van der Waals surface area contributed by atoms with Crippen LogP contribution >= 0.6 is 0 Å². The monoisotopic (exact) mass is 461 g/mol. The van der Waals surface area contributed by atoms with Crippen molar-refractivity contribution in [2.45, 2.75) is 32.7 Å². The number of aromatic amines is 1. The van der Waals surface area contributed by atoms with Crippen LogP contribution < -0.4 is 0 Å². The van der Waals surface area contributed by atoms with Crippen molar-refractivity contribution in [3.05, 3.63) is 114 Å². The Morgan fingerprint density at radius 3 is 2.40 bits per heavy atom. The van der Waals surface area contributed by atoms with Crippen LogP contribution in [0.15, 0.2) is 91.0 Å². The highest BCUT2D eigenvalue weighted by Crippen LogP contribution is 2.31. The molecule has 5 rings (SSSR count). The van der Waals surface area contributed by atoms with Crippen molar-refractivity contribution in [3.63, 3.8) is 0 Å². The van der Waals surface area contributed by atoms with Crippen molar-refractivity contribution in [1.82, 2.24) is 35.4 Å². The first-order valence-corrected chi connectivity index (χ1v) is 11.8. The molecule has 0 saturated heterocycles. The van der Waals surface area contributed by atoms with E-state index in [2.05, 4.69) is 81.3 Å². The van der Waals surface area contributed by atoms with E-state index in [-0.39, 0.29) is 0 Å². The molecular formula is C28H27N7. The summed E-state index contributed by atoms with van der Waals surface area (Å²) in [5, 5.41) is 19.7. The second-order valence-electron chi connectivity index (χ2n) is 8.34. The van der Waals surface area contributed by atoms with Crippen LogP contribution in [0.25, 0.3) is 22.5 Å².